The SMILES string of the molecule is CSc1ccc([C@@H](O)[C@H]([NH3+])CO)cc1. The summed E-state index contributed by atoms with van der Waals surface area (Å²) in [5.41, 5.74) is 4.47. The molecule has 0 radical (unpaired) electrons. The van der Waals surface area contributed by atoms with Crippen molar-refractivity contribution in [3.63, 3.8) is 0 Å². The predicted octanol–water partition coefficient (Wildman–Crippen LogP) is 0.0447. The second kappa shape index (κ2) is 5.36. The Bertz CT molecular complexity index is 276. The fourth-order valence-corrected chi connectivity index (χ4v) is 1.58. The maximum absolute atomic E-state index is 9.72. The molecule has 0 saturated carbocycles. The van der Waals surface area contributed by atoms with Gasteiger partial charge in [-0.2, -0.15) is 0 Å². The van der Waals surface area contributed by atoms with E-state index >= 15 is 0 Å². The Morgan fingerprint density at radius 1 is 1.36 bits per heavy atom. The molecule has 1 aromatic rings. The van der Waals surface area contributed by atoms with Crippen LogP contribution in [0.2, 0.25) is 0 Å². The van der Waals surface area contributed by atoms with Gasteiger partial charge < -0.3 is 15.9 Å². The fraction of sp³-hybridized carbons (Fsp3) is 0.400. The lowest BCUT2D eigenvalue weighted by Gasteiger charge is -2.14. The number of aliphatic hydroxyl groups is 2. The number of hydrogen-bond donors (Lipinski definition) is 3. The van der Waals surface area contributed by atoms with Gasteiger partial charge in [0.2, 0.25) is 0 Å². The molecule has 2 atom stereocenters. The minimum Gasteiger partial charge on any atom is -0.390 e. The van der Waals surface area contributed by atoms with Crippen molar-refractivity contribution in [2.24, 2.45) is 0 Å². The molecule has 4 heteroatoms. The Morgan fingerprint density at radius 3 is 2.36 bits per heavy atom. The summed E-state index contributed by atoms with van der Waals surface area (Å²) in [6.45, 7) is -0.106. The third-order valence-corrected chi connectivity index (χ3v) is 2.88. The second-order valence-corrected chi connectivity index (χ2v) is 4.04. The van der Waals surface area contributed by atoms with Crippen LogP contribution in [-0.2, 0) is 0 Å². The first-order valence-electron chi connectivity index (χ1n) is 4.45. The van der Waals surface area contributed by atoms with Crippen molar-refractivity contribution in [3.05, 3.63) is 29.8 Å². The molecule has 0 aliphatic heterocycles. The molecule has 0 heterocycles. The van der Waals surface area contributed by atoms with Gasteiger partial charge >= 0.3 is 0 Å². The van der Waals surface area contributed by atoms with Crippen molar-refractivity contribution < 1.29 is 15.9 Å². The average Bonchev–Trinajstić information content (AvgIpc) is 2.27. The Morgan fingerprint density at radius 2 is 1.93 bits per heavy atom. The third kappa shape index (κ3) is 2.72. The molecule has 1 rings (SSSR count). The predicted molar refractivity (Wildman–Crippen MR) is 56.9 cm³/mol. The molecule has 5 N–H and O–H groups in total. The van der Waals surface area contributed by atoms with Crippen LogP contribution in [-0.4, -0.2) is 29.1 Å². The van der Waals surface area contributed by atoms with Gasteiger partial charge in [0.1, 0.15) is 12.1 Å². The first-order valence-corrected chi connectivity index (χ1v) is 5.67. The third-order valence-electron chi connectivity index (χ3n) is 2.14. The van der Waals surface area contributed by atoms with E-state index in [0.717, 1.165) is 10.5 Å². The normalized spacial score (nSPS) is 15.1. The van der Waals surface area contributed by atoms with Gasteiger partial charge in [0.15, 0.2) is 0 Å². The van der Waals surface area contributed by atoms with Crippen LogP contribution in [0.15, 0.2) is 29.2 Å². The maximum Gasteiger partial charge on any atom is 0.138 e. The number of aliphatic hydroxyl groups excluding tert-OH is 2. The van der Waals surface area contributed by atoms with Crippen molar-refractivity contribution >= 4 is 11.8 Å². The van der Waals surface area contributed by atoms with E-state index in [4.69, 9.17) is 5.11 Å². The number of rotatable bonds is 4. The topological polar surface area (TPSA) is 68.1 Å². The molecule has 0 unspecified atom stereocenters. The van der Waals surface area contributed by atoms with E-state index in [2.05, 4.69) is 5.73 Å². The van der Waals surface area contributed by atoms with Crippen LogP contribution >= 0.6 is 11.8 Å². The average molecular weight is 214 g/mol. The van der Waals surface area contributed by atoms with Crippen LogP contribution in [0.5, 0.6) is 0 Å². The molecule has 78 valence electrons. The molecule has 0 aliphatic carbocycles. The summed E-state index contributed by atoms with van der Waals surface area (Å²) < 4.78 is 0. The molecular formula is C10H16NO2S+. The molecule has 0 amide bonds. The van der Waals surface area contributed by atoms with Crippen LogP contribution in [0.1, 0.15) is 11.7 Å². The smallest absolute Gasteiger partial charge is 0.138 e. The lowest BCUT2D eigenvalue weighted by atomic mass is 10.0. The fourth-order valence-electron chi connectivity index (χ4n) is 1.17. The van der Waals surface area contributed by atoms with E-state index in [1.165, 1.54) is 0 Å². The number of hydrogen-bond acceptors (Lipinski definition) is 3. The van der Waals surface area contributed by atoms with Crippen LogP contribution in [0.4, 0.5) is 0 Å². The van der Waals surface area contributed by atoms with Gasteiger partial charge in [0.05, 0.1) is 6.61 Å². The van der Waals surface area contributed by atoms with Gasteiger partial charge in [0, 0.05) is 4.90 Å². The van der Waals surface area contributed by atoms with E-state index < -0.39 is 6.10 Å². The standard InChI is InChI=1S/C10H15NO2S/c1-14-8-4-2-7(3-5-8)10(13)9(11)6-12/h2-5,9-10,12-13H,6,11H2,1H3/p+1/t9-,10-/m1/s1. The summed E-state index contributed by atoms with van der Waals surface area (Å²) in [6.07, 6.45) is 1.32. The minimum absolute atomic E-state index is 0.106. The lowest BCUT2D eigenvalue weighted by molar-refractivity contribution is -0.444. The van der Waals surface area contributed by atoms with E-state index in [0.29, 0.717) is 0 Å². The van der Waals surface area contributed by atoms with Gasteiger partial charge in [-0.15, -0.1) is 11.8 Å². The van der Waals surface area contributed by atoms with Gasteiger partial charge in [-0.05, 0) is 24.0 Å². The van der Waals surface area contributed by atoms with Crippen LogP contribution in [0.25, 0.3) is 0 Å². The molecular weight excluding hydrogens is 198 g/mol. The molecule has 14 heavy (non-hydrogen) atoms. The Labute approximate surface area is 87.9 Å². The summed E-state index contributed by atoms with van der Waals surface area (Å²) >= 11 is 1.66. The van der Waals surface area contributed by atoms with Crippen LogP contribution in [0.3, 0.4) is 0 Å². The number of thioether (sulfide) groups is 1. The zero-order valence-electron chi connectivity index (χ0n) is 8.18. The largest absolute Gasteiger partial charge is 0.390 e. The first-order chi connectivity index (χ1) is 6.69. The molecule has 0 fully saturated rings. The maximum atomic E-state index is 9.72. The highest BCUT2D eigenvalue weighted by Crippen LogP contribution is 2.19. The van der Waals surface area contributed by atoms with Crippen molar-refractivity contribution in [1.29, 1.82) is 0 Å². The Hall–Kier alpha value is -0.550. The highest BCUT2D eigenvalue weighted by Gasteiger charge is 2.18. The molecule has 3 nitrogen and oxygen atoms in total. The van der Waals surface area contributed by atoms with Crippen molar-refractivity contribution in [3.8, 4) is 0 Å². The molecule has 1 aromatic carbocycles. The van der Waals surface area contributed by atoms with Gasteiger partial charge in [0.25, 0.3) is 0 Å². The zero-order chi connectivity index (χ0) is 10.6. The van der Waals surface area contributed by atoms with Crippen molar-refractivity contribution in [1.82, 2.24) is 0 Å². The van der Waals surface area contributed by atoms with Crippen LogP contribution < -0.4 is 5.73 Å². The van der Waals surface area contributed by atoms with Gasteiger partial charge in [-0.1, -0.05) is 12.1 Å². The van der Waals surface area contributed by atoms with E-state index in [1.54, 1.807) is 11.8 Å². The summed E-state index contributed by atoms with van der Waals surface area (Å²) in [4.78, 5) is 1.16. The zero-order valence-corrected chi connectivity index (χ0v) is 9.00. The van der Waals surface area contributed by atoms with E-state index in [1.807, 2.05) is 30.5 Å². The van der Waals surface area contributed by atoms with Crippen LogP contribution in [0, 0.1) is 0 Å². The Balaban J connectivity index is 2.75. The first kappa shape index (κ1) is 11.5. The summed E-state index contributed by atoms with van der Waals surface area (Å²) in [7, 11) is 0. The summed E-state index contributed by atoms with van der Waals surface area (Å²) in [5.74, 6) is 0. The quantitative estimate of drug-likeness (QED) is 0.620. The van der Waals surface area contributed by atoms with E-state index in [-0.39, 0.29) is 12.6 Å². The summed E-state index contributed by atoms with van der Waals surface area (Å²) in [5, 5.41) is 18.6. The molecule has 0 bridgehead atoms. The monoisotopic (exact) mass is 214 g/mol. The Kier molecular flexibility index (Phi) is 4.41. The summed E-state index contributed by atoms with van der Waals surface area (Å²) in [6, 6.07) is 7.27. The van der Waals surface area contributed by atoms with E-state index in [9.17, 15) is 5.11 Å². The molecule has 0 aromatic heterocycles. The molecule has 0 aliphatic rings. The number of quaternary nitrogens is 1. The minimum atomic E-state index is -0.684. The lowest BCUT2D eigenvalue weighted by Crippen LogP contribution is -2.65. The van der Waals surface area contributed by atoms with Crippen molar-refractivity contribution in [2.45, 2.75) is 17.0 Å². The number of benzene rings is 1. The molecule has 0 saturated heterocycles. The second-order valence-electron chi connectivity index (χ2n) is 3.16. The van der Waals surface area contributed by atoms with Gasteiger partial charge in [-0.25, -0.2) is 0 Å². The highest BCUT2D eigenvalue weighted by molar-refractivity contribution is 7.98. The van der Waals surface area contributed by atoms with Gasteiger partial charge in [-0.3, -0.25) is 0 Å². The molecule has 0 spiro atoms. The highest BCUT2D eigenvalue weighted by atomic mass is 32.2. The van der Waals surface area contributed by atoms with Crippen molar-refractivity contribution in [2.75, 3.05) is 12.9 Å².